The van der Waals surface area contributed by atoms with Crippen molar-refractivity contribution in [3.05, 3.63) is 139 Å². The number of nitrogens with zero attached hydrogens (tertiary/aromatic N) is 1. The molecule has 0 saturated heterocycles. The quantitative estimate of drug-likeness (QED) is 0.234. The number of hydrogen-bond donors (Lipinski definition) is 0. The molecule has 0 bridgehead atoms. The Balaban J connectivity index is 1.34. The number of fused-ring (bicyclic) bond motifs is 7. The highest BCUT2D eigenvalue weighted by molar-refractivity contribution is 6.19. The average Bonchev–Trinajstić information content (AvgIpc) is 3.36. The van der Waals surface area contributed by atoms with Gasteiger partial charge in [-0.25, -0.2) is 0 Å². The molecule has 0 atom stereocenters. The highest BCUT2D eigenvalue weighted by Crippen LogP contribution is 2.52. The first kappa shape index (κ1) is 22.2. The summed E-state index contributed by atoms with van der Waals surface area (Å²) >= 11 is 0. The summed E-state index contributed by atoms with van der Waals surface area (Å²) in [7, 11) is 0. The lowest BCUT2D eigenvalue weighted by atomic mass is 9.73. The van der Waals surface area contributed by atoms with Gasteiger partial charge in [-0.15, -0.1) is 0 Å². The zero-order valence-corrected chi connectivity index (χ0v) is 22.0. The summed E-state index contributed by atoms with van der Waals surface area (Å²) in [5.74, 6) is 0. The monoisotopic (exact) mass is 501 g/mol. The van der Waals surface area contributed by atoms with Crippen molar-refractivity contribution in [1.29, 1.82) is 0 Å². The Hall–Kier alpha value is -4.82. The van der Waals surface area contributed by atoms with Crippen LogP contribution in [0.3, 0.4) is 0 Å². The lowest BCUT2D eigenvalue weighted by Crippen LogP contribution is -2.30. The van der Waals surface area contributed by atoms with Gasteiger partial charge >= 0.3 is 0 Å². The lowest BCUT2D eigenvalue weighted by molar-refractivity contribution is 0.632. The van der Waals surface area contributed by atoms with Crippen LogP contribution in [0.1, 0.15) is 25.0 Å². The minimum absolute atomic E-state index is 0.143. The van der Waals surface area contributed by atoms with E-state index in [2.05, 4.69) is 146 Å². The Labute approximate surface area is 227 Å². The Morgan fingerprint density at radius 3 is 2.13 bits per heavy atom. The van der Waals surface area contributed by atoms with Crippen molar-refractivity contribution in [2.75, 3.05) is 4.90 Å². The van der Waals surface area contributed by atoms with Crippen LogP contribution in [-0.4, -0.2) is 0 Å². The number of para-hydroxylation sites is 2. The average molecular weight is 502 g/mol. The summed E-state index contributed by atoms with van der Waals surface area (Å²) in [6.45, 7) is 4.69. The SMILES string of the molecule is CC1(C)c2ccccc2N(c2ccccc2)c2ccc(-c3ccc4oc5ccc6ccccc6c5c4c3)cc21. The summed E-state index contributed by atoms with van der Waals surface area (Å²) in [6, 6.07) is 45.8. The largest absolute Gasteiger partial charge is 0.456 e. The molecule has 2 heteroatoms. The third kappa shape index (κ3) is 3.21. The molecule has 1 aliphatic rings. The molecule has 0 radical (unpaired) electrons. The molecular weight excluding hydrogens is 474 g/mol. The molecule has 0 N–H and O–H groups in total. The van der Waals surface area contributed by atoms with Gasteiger partial charge in [-0.05, 0) is 81.6 Å². The van der Waals surface area contributed by atoms with Gasteiger partial charge in [0.05, 0.1) is 11.4 Å². The van der Waals surface area contributed by atoms with Crippen LogP contribution in [0.2, 0.25) is 0 Å². The molecule has 186 valence electrons. The van der Waals surface area contributed by atoms with E-state index < -0.39 is 0 Å². The summed E-state index contributed by atoms with van der Waals surface area (Å²) in [6.07, 6.45) is 0. The smallest absolute Gasteiger partial charge is 0.136 e. The molecule has 7 aromatic rings. The van der Waals surface area contributed by atoms with E-state index in [1.807, 2.05) is 0 Å². The number of hydrogen-bond acceptors (Lipinski definition) is 2. The van der Waals surface area contributed by atoms with Crippen molar-refractivity contribution in [3.63, 3.8) is 0 Å². The summed E-state index contributed by atoms with van der Waals surface area (Å²) < 4.78 is 6.27. The lowest BCUT2D eigenvalue weighted by Gasteiger charge is -2.42. The second-order valence-corrected chi connectivity index (χ2v) is 11.0. The van der Waals surface area contributed by atoms with Crippen molar-refractivity contribution in [3.8, 4) is 11.1 Å². The Morgan fingerprint density at radius 1 is 0.538 bits per heavy atom. The molecule has 0 unspecified atom stereocenters. The van der Waals surface area contributed by atoms with Gasteiger partial charge in [-0.3, -0.25) is 0 Å². The first-order valence-electron chi connectivity index (χ1n) is 13.5. The standard InChI is InChI=1S/C37H27NO/c1-37(2)30-14-8-9-15-32(30)38(27-11-4-3-5-12-27)33-19-16-26(23-31(33)37)25-18-20-34-29(22-25)36-28-13-7-6-10-24(28)17-21-35(36)39-34/h3-23H,1-2H3. The fraction of sp³-hybridized carbons (Fsp3) is 0.0811. The van der Waals surface area contributed by atoms with Crippen LogP contribution in [0, 0.1) is 0 Å². The van der Waals surface area contributed by atoms with Crippen molar-refractivity contribution < 1.29 is 4.42 Å². The predicted molar refractivity (Wildman–Crippen MR) is 163 cm³/mol. The Bertz CT molecular complexity index is 2050. The molecule has 0 fully saturated rings. The zero-order chi connectivity index (χ0) is 26.1. The second-order valence-electron chi connectivity index (χ2n) is 11.0. The molecule has 39 heavy (non-hydrogen) atoms. The second kappa shape index (κ2) is 8.09. The number of benzene rings is 6. The van der Waals surface area contributed by atoms with E-state index in [1.54, 1.807) is 0 Å². The maximum atomic E-state index is 6.27. The maximum Gasteiger partial charge on any atom is 0.136 e. The van der Waals surface area contributed by atoms with Crippen LogP contribution in [-0.2, 0) is 5.41 Å². The van der Waals surface area contributed by atoms with E-state index in [9.17, 15) is 0 Å². The molecule has 1 aromatic heterocycles. The Morgan fingerprint density at radius 2 is 1.23 bits per heavy atom. The van der Waals surface area contributed by atoms with Gasteiger partial charge in [-0.1, -0.05) is 92.7 Å². The van der Waals surface area contributed by atoms with Gasteiger partial charge in [0.25, 0.3) is 0 Å². The molecule has 2 heterocycles. The molecule has 0 aliphatic carbocycles. The van der Waals surface area contributed by atoms with Crippen LogP contribution in [0.25, 0.3) is 43.8 Å². The molecule has 1 aliphatic heterocycles. The van der Waals surface area contributed by atoms with Crippen LogP contribution in [0.5, 0.6) is 0 Å². The van der Waals surface area contributed by atoms with Crippen LogP contribution >= 0.6 is 0 Å². The van der Waals surface area contributed by atoms with E-state index in [1.165, 1.54) is 55.5 Å². The van der Waals surface area contributed by atoms with Crippen LogP contribution < -0.4 is 4.90 Å². The highest BCUT2D eigenvalue weighted by atomic mass is 16.3. The third-order valence-electron chi connectivity index (χ3n) is 8.44. The van der Waals surface area contributed by atoms with Crippen LogP contribution in [0.4, 0.5) is 17.1 Å². The first-order valence-corrected chi connectivity index (χ1v) is 13.5. The normalized spacial score (nSPS) is 14.1. The minimum Gasteiger partial charge on any atom is -0.456 e. The number of furan rings is 1. The van der Waals surface area contributed by atoms with Crippen molar-refractivity contribution in [2.45, 2.75) is 19.3 Å². The van der Waals surface area contributed by atoms with E-state index in [4.69, 9.17) is 4.42 Å². The van der Waals surface area contributed by atoms with Gasteiger partial charge in [0.1, 0.15) is 11.2 Å². The fourth-order valence-corrected chi connectivity index (χ4v) is 6.47. The highest BCUT2D eigenvalue weighted by Gasteiger charge is 2.36. The molecule has 0 amide bonds. The molecule has 0 saturated carbocycles. The molecule has 8 rings (SSSR count). The third-order valence-corrected chi connectivity index (χ3v) is 8.44. The molecule has 2 nitrogen and oxygen atoms in total. The predicted octanol–water partition coefficient (Wildman–Crippen LogP) is 10.5. The molecular formula is C37H27NO. The number of rotatable bonds is 2. The fourth-order valence-electron chi connectivity index (χ4n) is 6.47. The number of anilines is 3. The summed E-state index contributed by atoms with van der Waals surface area (Å²) in [4.78, 5) is 2.40. The molecule has 0 spiro atoms. The zero-order valence-electron chi connectivity index (χ0n) is 22.0. The summed E-state index contributed by atoms with van der Waals surface area (Å²) in [5, 5.41) is 4.81. The van der Waals surface area contributed by atoms with Gasteiger partial charge in [0, 0.05) is 21.9 Å². The van der Waals surface area contributed by atoms with Gasteiger partial charge in [0.2, 0.25) is 0 Å². The van der Waals surface area contributed by atoms with E-state index in [0.717, 1.165) is 16.6 Å². The molecule has 6 aromatic carbocycles. The topological polar surface area (TPSA) is 16.4 Å². The van der Waals surface area contributed by atoms with Crippen molar-refractivity contribution in [1.82, 2.24) is 0 Å². The van der Waals surface area contributed by atoms with Gasteiger partial charge in [0.15, 0.2) is 0 Å². The van der Waals surface area contributed by atoms with Gasteiger partial charge in [-0.2, -0.15) is 0 Å². The van der Waals surface area contributed by atoms with E-state index in [-0.39, 0.29) is 5.41 Å². The minimum atomic E-state index is -0.143. The maximum absolute atomic E-state index is 6.27. The van der Waals surface area contributed by atoms with E-state index >= 15 is 0 Å². The van der Waals surface area contributed by atoms with E-state index in [0.29, 0.717) is 0 Å². The van der Waals surface area contributed by atoms with Crippen molar-refractivity contribution in [2.24, 2.45) is 0 Å². The Kier molecular flexibility index (Phi) is 4.60. The van der Waals surface area contributed by atoms with Gasteiger partial charge < -0.3 is 9.32 Å². The summed E-state index contributed by atoms with van der Waals surface area (Å²) in [5.41, 5.74) is 10.4. The van der Waals surface area contributed by atoms with Crippen molar-refractivity contribution >= 4 is 49.8 Å². The van der Waals surface area contributed by atoms with Crippen LogP contribution in [0.15, 0.2) is 132 Å². The first-order chi connectivity index (χ1) is 19.1.